The summed E-state index contributed by atoms with van der Waals surface area (Å²) in [6.07, 6.45) is 6.15. The molecule has 4 bridgehead atoms. The summed E-state index contributed by atoms with van der Waals surface area (Å²) < 4.78 is 24.7. The van der Waals surface area contributed by atoms with Crippen molar-refractivity contribution in [3.63, 3.8) is 0 Å². The average molecular weight is 378 g/mol. The van der Waals surface area contributed by atoms with Crippen LogP contribution in [0, 0.1) is 23.2 Å². The topological polar surface area (TPSA) is 113 Å². The van der Waals surface area contributed by atoms with Crippen LogP contribution in [-0.4, -0.2) is 25.4 Å². The lowest BCUT2D eigenvalue weighted by Crippen LogP contribution is -2.56. The van der Waals surface area contributed by atoms with Gasteiger partial charge in [-0.1, -0.05) is 0 Å². The van der Waals surface area contributed by atoms with Gasteiger partial charge in [-0.15, -0.1) is 4.83 Å². The number of sulfonamides is 1. The van der Waals surface area contributed by atoms with Crippen LogP contribution < -0.4 is 10.3 Å². The van der Waals surface area contributed by atoms with E-state index in [-0.39, 0.29) is 16.4 Å². The summed E-state index contributed by atoms with van der Waals surface area (Å²) in [5.41, 5.74) is 1.98. The number of carboxylic acids is 1. The van der Waals surface area contributed by atoms with Crippen molar-refractivity contribution in [2.45, 2.75) is 43.4 Å². The summed E-state index contributed by atoms with van der Waals surface area (Å²) in [6, 6.07) is 4.86. The lowest BCUT2D eigenvalue weighted by atomic mass is 9.49. The first-order chi connectivity index (χ1) is 12.3. The van der Waals surface area contributed by atoms with Crippen LogP contribution in [0.3, 0.4) is 0 Å². The molecule has 4 fully saturated rings. The summed E-state index contributed by atoms with van der Waals surface area (Å²) in [4.78, 5) is 25.7. The summed E-state index contributed by atoms with van der Waals surface area (Å²) in [7, 11) is -3.94. The fourth-order valence-corrected chi connectivity index (χ4v) is 6.31. The smallest absolute Gasteiger partial charge is 0.335 e. The molecule has 0 radical (unpaired) electrons. The highest BCUT2D eigenvalue weighted by Crippen LogP contribution is 2.60. The molecule has 1 amide bonds. The zero-order valence-corrected chi connectivity index (χ0v) is 15.1. The van der Waals surface area contributed by atoms with Crippen LogP contribution in [0.15, 0.2) is 29.2 Å². The van der Waals surface area contributed by atoms with E-state index >= 15 is 0 Å². The van der Waals surface area contributed by atoms with E-state index in [1.807, 2.05) is 0 Å². The number of carbonyl (C=O) groups is 2. The SMILES string of the molecule is O=C(O)c1ccc(S(=O)(=O)NNC(=O)C23CC4CC(CC(C4)C2)C3)cc1. The molecule has 4 aliphatic rings. The maximum Gasteiger partial charge on any atom is 0.335 e. The third kappa shape index (κ3) is 3.01. The fourth-order valence-electron chi connectivity index (χ4n) is 5.47. The van der Waals surface area contributed by atoms with E-state index in [9.17, 15) is 18.0 Å². The Kier molecular flexibility index (Phi) is 4.07. The van der Waals surface area contributed by atoms with Crippen LogP contribution in [0.25, 0.3) is 0 Å². The highest BCUT2D eigenvalue weighted by molar-refractivity contribution is 7.89. The second-order valence-electron chi connectivity index (χ2n) is 8.09. The van der Waals surface area contributed by atoms with Crippen LogP contribution in [0.1, 0.15) is 48.9 Å². The van der Waals surface area contributed by atoms with Gasteiger partial charge in [-0.2, -0.15) is 0 Å². The molecular weight excluding hydrogens is 356 g/mol. The molecule has 5 rings (SSSR count). The molecular formula is C18H22N2O5S. The van der Waals surface area contributed by atoms with E-state index in [4.69, 9.17) is 5.11 Å². The van der Waals surface area contributed by atoms with Crippen molar-refractivity contribution in [3.8, 4) is 0 Å². The van der Waals surface area contributed by atoms with Crippen molar-refractivity contribution in [2.24, 2.45) is 23.2 Å². The van der Waals surface area contributed by atoms with Gasteiger partial charge in [-0.3, -0.25) is 10.2 Å². The number of carboxylic acid groups (broad SMARTS) is 1. The van der Waals surface area contributed by atoms with Gasteiger partial charge in [-0.25, -0.2) is 13.2 Å². The third-order valence-electron chi connectivity index (χ3n) is 6.23. The van der Waals surface area contributed by atoms with Gasteiger partial charge in [0, 0.05) is 0 Å². The number of hydrogen-bond acceptors (Lipinski definition) is 4. The van der Waals surface area contributed by atoms with Crippen LogP contribution in [0.4, 0.5) is 0 Å². The van der Waals surface area contributed by atoms with E-state index < -0.39 is 21.4 Å². The average Bonchev–Trinajstić information content (AvgIpc) is 2.58. The summed E-state index contributed by atoms with van der Waals surface area (Å²) in [5, 5.41) is 8.88. The standard InChI is InChI=1S/C18H22N2O5S/c21-16(22)14-1-3-15(4-2-14)26(24,25)20-19-17(23)18-8-11-5-12(9-18)7-13(6-11)10-18/h1-4,11-13,20H,5-10H2,(H,19,23)(H,21,22). The minimum Gasteiger partial charge on any atom is -0.478 e. The number of rotatable bonds is 5. The van der Waals surface area contributed by atoms with Crippen molar-refractivity contribution >= 4 is 21.9 Å². The number of nitrogens with one attached hydrogen (secondary N) is 2. The Bertz CT molecular complexity index is 812. The molecule has 0 aromatic heterocycles. The minimum atomic E-state index is -3.94. The third-order valence-corrected chi connectivity index (χ3v) is 7.49. The van der Waals surface area contributed by atoms with Gasteiger partial charge in [-0.05, 0) is 80.5 Å². The van der Waals surface area contributed by atoms with Crippen LogP contribution >= 0.6 is 0 Å². The molecule has 26 heavy (non-hydrogen) atoms. The Hall–Kier alpha value is -1.93. The normalized spacial score (nSPS) is 32.4. The van der Waals surface area contributed by atoms with Gasteiger partial charge in [0.25, 0.3) is 10.0 Å². The van der Waals surface area contributed by atoms with Crippen LogP contribution in [0.5, 0.6) is 0 Å². The van der Waals surface area contributed by atoms with Crippen LogP contribution in [-0.2, 0) is 14.8 Å². The second kappa shape index (κ2) is 6.06. The predicted octanol–water partition coefficient (Wildman–Crippen LogP) is 1.91. The van der Waals surface area contributed by atoms with E-state index in [0.717, 1.165) is 19.3 Å². The summed E-state index contributed by atoms with van der Waals surface area (Å²) >= 11 is 0. The van der Waals surface area contributed by atoms with Crippen molar-refractivity contribution < 1.29 is 23.1 Å². The number of hydrogen-bond donors (Lipinski definition) is 3. The Morgan fingerprint density at radius 2 is 1.46 bits per heavy atom. The molecule has 1 aromatic carbocycles. The van der Waals surface area contributed by atoms with Crippen molar-refractivity contribution in [3.05, 3.63) is 29.8 Å². The van der Waals surface area contributed by atoms with E-state index in [0.29, 0.717) is 17.8 Å². The van der Waals surface area contributed by atoms with E-state index in [1.165, 1.54) is 43.5 Å². The second-order valence-corrected chi connectivity index (χ2v) is 9.77. The number of benzene rings is 1. The molecule has 1 aromatic rings. The van der Waals surface area contributed by atoms with Gasteiger partial charge >= 0.3 is 5.97 Å². The fraction of sp³-hybridized carbons (Fsp3) is 0.556. The molecule has 0 aliphatic heterocycles. The van der Waals surface area contributed by atoms with Gasteiger partial charge in [0.2, 0.25) is 5.91 Å². The number of carbonyl (C=O) groups excluding carboxylic acids is 1. The minimum absolute atomic E-state index is 0.00144. The van der Waals surface area contributed by atoms with E-state index in [1.54, 1.807) is 0 Å². The molecule has 0 atom stereocenters. The van der Waals surface area contributed by atoms with Crippen molar-refractivity contribution in [1.82, 2.24) is 10.3 Å². The Labute approximate surface area is 152 Å². The lowest BCUT2D eigenvalue weighted by molar-refractivity contribution is -0.146. The summed E-state index contributed by atoms with van der Waals surface area (Å²) in [5.74, 6) is 0.408. The van der Waals surface area contributed by atoms with Gasteiger partial charge < -0.3 is 5.11 Å². The molecule has 8 heteroatoms. The lowest BCUT2D eigenvalue weighted by Gasteiger charge is -2.55. The highest BCUT2D eigenvalue weighted by Gasteiger charge is 2.54. The van der Waals surface area contributed by atoms with Crippen molar-refractivity contribution in [1.29, 1.82) is 0 Å². The molecule has 3 N–H and O–H groups in total. The van der Waals surface area contributed by atoms with Crippen LogP contribution in [0.2, 0.25) is 0 Å². The number of hydrazine groups is 1. The molecule has 4 saturated carbocycles. The number of aromatic carboxylic acids is 1. The molecule has 0 heterocycles. The largest absolute Gasteiger partial charge is 0.478 e. The first-order valence-corrected chi connectivity index (χ1v) is 10.4. The zero-order valence-electron chi connectivity index (χ0n) is 14.3. The van der Waals surface area contributed by atoms with Gasteiger partial charge in [0.05, 0.1) is 15.9 Å². The summed E-state index contributed by atoms with van der Waals surface area (Å²) in [6.45, 7) is 0. The maximum atomic E-state index is 12.8. The molecule has 7 nitrogen and oxygen atoms in total. The first kappa shape index (κ1) is 17.5. The number of amides is 1. The molecule has 140 valence electrons. The molecule has 0 spiro atoms. The molecule has 4 aliphatic carbocycles. The highest BCUT2D eigenvalue weighted by atomic mass is 32.2. The zero-order chi connectivity index (χ0) is 18.5. The monoisotopic (exact) mass is 378 g/mol. The predicted molar refractivity (Wildman–Crippen MR) is 92.5 cm³/mol. The quantitative estimate of drug-likeness (QED) is 0.678. The van der Waals surface area contributed by atoms with Gasteiger partial charge in [0.15, 0.2) is 0 Å². The molecule has 0 saturated heterocycles. The molecule has 0 unspecified atom stereocenters. The Morgan fingerprint density at radius 3 is 1.92 bits per heavy atom. The maximum absolute atomic E-state index is 12.8. The Balaban J connectivity index is 1.44. The Morgan fingerprint density at radius 1 is 0.962 bits per heavy atom. The van der Waals surface area contributed by atoms with E-state index in [2.05, 4.69) is 10.3 Å². The van der Waals surface area contributed by atoms with Gasteiger partial charge in [0.1, 0.15) is 0 Å². The van der Waals surface area contributed by atoms with Crippen molar-refractivity contribution in [2.75, 3.05) is 0 Å². The first-order valence-electron chi connectivity index (χ1n) is 8.93.